The molecule has 1 unspecified atom stereocenters. The minimum atomic E-state index is -0.550. The average Bonchev–Trinajstić information content (AvgIpc) is 3.09. The zero-order chi connectivity index (χ0) is 34.0. The van der Waals surface area contributed by atoms with Crippen LogP contribution >= 0.6 is 11.8 Å². The van der Waals surface area contributed by atoms with E-state index in [1.165, 1.54) is 17.3 Å². The van der Waals surface area contributed by atoms with Crippen LogP contribution in [0.15, 0.2) is 138 Å². The van der Waals surface area contributed by atoms with Crippen molar-refractivity contribution in [3.05, 3.63) is 166 Å². The number of carbonyl (C=O) groups excluding carboxylic acids is 3. The Morgan fingerprint density at radius 3 is 1.94 bits per heavy atom. The van der Waals surface area contributed by atoms with Gasteiger partial charge in [0, 0.05) is 21.8 Å². The number of rotatable bonds is 11. The van der Waals surface area contributed by atoms with E-state index in [0.717, 1.165) is 32.8 Å². The highest BCUT2D eigenvalue weighted by Crippen LogP contribution is 2.38. The smallest absolute Gasteiger partial charge is 0.272 e. The number of hydrogen-bond donors (Lipinski definition) is 3. The molecule has 0 saturated carbocycles. The summed E-state index contributed by atoms with van der Waals surface area (Å²) in [5.41, 5.74) is 6.68. The monoisotopic (exact) mass is 653 g/mol. The summed E-state index contributed by atoms with van der Waals surface area (Å²) in [5, 5.41) is 8.35. The summed E-state index contributed by atoms with van der Waals surface area (Å²) >= 11 is 1.40. The number of carbonyl (C=O) groups is 3. The van der Waals surface area contributed by atoms with Crippen LogP contribution in [0.1, 0.15) is 63.2 Å². The molecule has 0 aliphatic heterocycles. The van der Waals surface area contributed by atoms with E-state index in [-0.39, 0.29) is 17.5 Å². The molecular formula is C41H39N3O3S. The zero-order valence-electron chi connectivity index (χ0n) is 27.5. The lowest BCUT2D eigenvalue weighted by molar-refractivity contribution is -0.116. The molecule has 0 aliphatic carbocycles. The fraction of sp³-hybridized carbons (Fsp3) is 0.146. The second-order valence-electron chi connectivity index (χ2n) is 11.8. The molecule has 1 atom stereocenters. The molecule has 6 nitrogen and oxygen atoms in total. The second kappa shape index (κ2) is 15.9. The molecule has 0 fully saturated rings. The Kier molecular flexibility index (Phi) is 11.3. The highest BCUT2D eigenvalue weighted by molar-refractivity contribution is 8.00. The first kappa shape index (κ1) is 33.9. The Balaban J connectivity index is 1.39. The molecule has 5 aromatic rings. The van der Waals surface area contributed by atoms with E-state index in [2.05, 4.69) is 29.8 Å². The standard InChI is InChI=1S/C41H39N3O3S/c1-27(2)31-23-21-30(22-24-31)25-36(43-39(45)33-17-9-6-10-18-33)40(46)42-34-19-12-20-35(26-34)48-38(32-15-7-5-8-16-32)41(47)44-37-28(3)13-11-14-29(37)4/h5-27,38H,1-4H3,(H,42,46)(H,43,45)(H,44,47)/b36-25+. The predicted molar refractivity (Wildman–Crippen MR) is 197 cm³/mol. The first-order valence-electron chi connectivity index (χ1n) is 15.9. The number of para-hydroxylation sites is 1. The first-order valence-corrected chi connectivity index (χ1v) is 16.7. The average molecular weight is 654 g/mol. The van der Waals surface area contributed by atoms with Crippen LogP contribution in [0.2, 0.25) is 0 Å². The highest BCUT2D eigenvalue weighted by Gasteiger charge is 2.24. The molecule has 0 aromatic heterocycles. The Hall–Kier alpha value is -5.40. The predicted octanol–water partition coefficient (Wildman–Crippen LogP) is 9.31. The summed E-state index contributed by atoms with van der Waals surface area (Å²) in [7, 11) is 0. The summed E-state index contributed by atoms with van der Waals surface area (Å²) in [6, 6.07) is 39.6. The fourth-order valence-electron chi connectivity index (χ4n) is 5.17. The van der Waals surface area contributed by atoms with Crippen molar-refractivity contribution in [3.63, 3.8) is 0 Å². The molecule has 48 heavy (non-hydrogen) atoms. The normalized spacial score (nSPS) is 11.9. The van der Waals surface area contributed by atoms with Crippen LogP contribution in [-0.2, 0) is 9.59 Å². The number of nitrogens with one attached hydrogen (secondary N) is 3. The van der Waals surface area contributed by atoms with Gasteiger partial charge in [-0.3, -0.25) is 14.4 Å². The van der Waals surface area contributed by atoms with Crippen LogP contribution in [-0.4, -0.2) is 17.7 Å². The Labute approximate surface area is 286 Å². The Morgan fingerprint density at radius 2 is 1.29 bits per heavy atom. The molecule has 0 bridgehead atoms. The largest absolute Gasteiger partial charge is 0.324 e. The molecule has 0 aliphatic rings. The van der Waals surface area contributed by atoms with Crippen molar-refractivity contribution in [2.45, 2.75) is 43.8 Å². The molecule has 0 radical (unpaired) electrons. The maximum atomic E-state index is 13.8. The molecule has 0 heterocycles. The number of amides is 3. The number of thioether (sulfide) groups is 1. The quantitative estimate of drug-likeness (QED) is 0.0980. The molecule has 0 saturated heterocycles. The summed E-state index contributed by atoms with van der Waals surface area (Å²) in [4.78, 5) is 41.4. The molecule has 3 N–H and O–H groups in total. The third kappa shape index (κ3) is 8.90. The maximum Gasteiger partial charge on any atom is 0.272 e. The van der Waals surface area contributed by atoms with Crippen molar-refractivity contribution in [1.29, 1.82) is 0 Å². The fourth-order valence-corrected chi connectivity index (χ4v) is 6.25. The van der Waals surface area contributed by atoms with E-state index in [4.69, 9.17) is 0 Å². The van der Waals surface area contributed by atoms with Gasteiger partial charge in [0.05, 0.1) is 0 Å². The first-order chi connectivity index (χ1) is 23.2. The molecular weight excluding hydrogens is 615 g/mol. The lowest BCUT2D eigenvalue weighted by Crippen LogP contribution is -2.30. The number of aryl methyl sites for hydroxylation is 2. The van der Waals surface area contributed by atoms with Gasteiger partial charge in [-0.2, -0.15) is 0 Å². The van der Waals surface area contributed by atoms with Gasteiger partial charge in [-0.15, -0.1) is 11.8 Å². The summed E-state index contributed by atoms with van der Waals surface area (Å²) < 4.78 is 0. The molecule has 7 heteroatoms. The minimum absolute atomic E-state index is 0.106. The van der Waals surface area contributed by atoms with Crippen molar-refractivity contribution < 1.29 is 14.4 Å². The molecule has 5 aromatic carbocycles. The van der Waals surface area contributed by atoms with E-state index < -0.39 is 11.2 Å². The van der Waals surface area contributed by atoms with Crippen molar-refractivity contribution >= 4 is 46.9 Å². The molecule has 3 amide bonds. The van der Waals surface area contributed by atoms with Crippen LogP contribution in [0.5, 0.6) is 0 Å². The number of hydrogen-bond acceptors (Lipinski definition) is 4. The lowest BCUT2D eigenvalue weighted by Gasteiger charge is -2.19. The van der Waals surface area contributed by atoms with Gasteiger partial charge in [0.2, 0.25) is 5.91 Å². The van der Waals surface area contributed by atoms with Crippen LogP contribution < -0.4 is 16.0 Å². The zero-order valence-corrected chi connectivity index (χ0v) is 28.3. The van der Waals surface area contributed by atoms with Crippen molar-refractivity contribution in [2.24, 2.45) is 0 Å². The van der Waals surface area contributed by atoms with Gasteiger partial charge in [0.15, 0.2) is 0 Å². The van der Waals surface area contributed by atoms with Crippen LogP contribution in [0.25, 0.3) is 6.08 Å². The highest BCUT2D eigenvalue weighted by atomic mass is 32.2. The van der Waals surface area contributed by atoms with Gasteiger partial charge in [0.1, 0.15) is 10.9 Å². The topological polar surface area (TPSA) is 87.3 Å². The van der Waals surface area contributed by atoms with Gasteiger partial charge in [0.25, 0.3) is 11.8 Å². The molecule has 0 spiro atoms. The van der Waals surface area contributed by atoms with Gasteiger partial charge < -0.3 is 16.0 Å². The van der Waals surface area contributed by atoms with Crippen LogP contribution in [0.4, 0.5) is 11.4 Å². The SMILES string of the molecule is Cc1cccc(C)c1NC(=O)C(Sc1cccc(NC(=O)/C(=C\c2ccc(C(C)C)cc2)NC(=O)c2ccccc2)c1)c1ccccc1. The van der Waals surface area contributed by atoms with Gasteiger partial charge in [-0.05, 0) is 84.0 Å². The third-order valence-corrected chi connectivity index (χ3v) is 9.11. The second-order valence-corrected chi connectivity index (χ2v) is 13.0. The van der Waals surface area contributed by atoms with E-state index in [0.29, 0.717) is 17.2 Å². The van der Waals surface area contributed by atoms with Crippen molar-refractivity contribution in [2.75, 3.05) is 10.6 Å². The van der Waals surface area contributed by atoms with Crippen molar-refractivity contribution in [1.82, 2.24) is 5.32 Å². The van der Waals surface area contributed by atoms with E-state index in [1.54, 1.807) is 36.4 Å². The summed E-state index contributed by atoms with van der Waals surface area (Å²) in [6.45, 7) is 8.20. The number of benzene rings is 5. The lowest BCUT2D eigenvalue weighted by atomic mass is 10.0. The van der Waals surface area contributed by atoms with E-state index in [9.17, 15) is 14.4 Å². The van der Waals surface area contributed by atoms with Gasteiger partial charge in [-0.25, -0.2) is 0 Å². The van der Waals surface area contributed by atoms with E-state index >= 15 is 0 Å². The van der Waals surface area contributed by atoms with Gasteiger partial charge >= 0.3 is 0 Å². The van der Waals surface area contributed by atoms with Crippen LogP contribution in [0.3, 0.4) is 0 Å². The molecule has 5 rings (SSSR count). The van der Waals surface area contributed by atoms with Crippen molar-refractivity contribution in [3.8, 4) is 0 Å². The third-order valence-electron chi connectivity index (χ3n) is 7.86. The van der Waals surface area contributed by atoms with E-state index in [1.807, 2.05) is 111 Å². The molecule has 242 valence electrons. The summed E-state index contributed by atoms with van der Waals surface area (Å²) in [5.74, 6) is -0.634. The number of anilines is 2. The van der Waals surface area contributed by atoms with Crippen LogP contribution in [0, 0.1) is 13.8 Å². The van der Waals surface area contributed by atoms with Gasteiger partial charge in [-0.1, -0.05) is 111 Å². The summed E-state index contributed by atoms with van der Waals surface area (Å²) in [6.07, 6.45) is 1.67. The Bertz CT molecular complexity index is 1900. The minimum Gasteiger partial charge on any atom is -0.324 e. The maximum absolute atomic E-state index is 13.8. The Morgan fingerprint density at radius 1 is 0.667 bits per heavy atom.